The molecule has 0 aliphatic rings. The zero-order valence-electron chi connectivity index (χ0n) is 15.5. The van der Waals surface area contributed by atoms with Crippen molar-refractivity contribution in [3.05, 3.63) is 72.0 Å². The first kappa shape index (κ1) is 20.4. The molecule has 0 saturated heterocycles. The summed E-state index contributed by atoms with van der Waals surface area (Å²) in [5.74, 6) is -1.43. The first-order chi connectivity index (χ1) is 14.0. The van der Waals surface area contributed by atoms with E-state index in [1.165, 1.54) is 24.4 Å². The predicted molar refractivity (Wildman–Crippen MR) is 99.7 cm³/mol. The van der Waals surface area contributed by atoms with E-state index in [9.17, 15) is 18.0 Å². The van der Waals surface area contributed by atoms with E-state index in [4.69, 9.17) is 9.15 Å². The summed E-state index contributed by atoms with van der Waals surface area (Å²) in [6.07, 6.45) is 2.23. The largest absolute Gasteiger partial charge is 0.490 e. The van der Waals surface area contributed by atoms with Crippen molar-refractivity contribution in [1.29, 1.82) is 0 Å². The van der Waals surface area contributed by atoms with Gasteiger partial charge in [0.05, 0.1) is 18.4 Å². The molecule has 0 unspecified atom stereocenters. The number of benzene rings is 2. The van der Waals surface area contributed by atoms with Gasteiger partial charge in [-0.05, 0) is 30.7 Å². The number of hydrogen-bond donors (Lipinski definition) is 1. The number of carbonyl (C=O) groups excluding carboxylic acids is 1. The summed E-state index contributed by atoms with van der Waals surface area (Å²) >= 11 is 0. The van der Waals surface area contributed by atoms with Crippen LogP contribution in [0.3, 0.4) is 0 Å². The Bertz CT molecular complexity index is 975. The number of carbonyl (C=O) groups is 1. The van der Waals surface area contributed by atoms with Crippen LogP contribution in [0.25, 0.3) is 11.3 Å². The molecule has 0 atom stereocenters. The zero-order valence-corrected chi connectivity index (χ0v) is 15.5. The summed E-state index contributed by atoms with van der Waals surface area (Å²) in [4.78, 5) is 15.9. The molecule has 0 bridgehead atoms. The number of rotatable bonds is 9. The molecule has 1 N–H and O–H groups in total. The highest BCUT2D eigenvalue weighted by Gasteiger charge is 2.13. The van der Waals surface area contributed by atoms with Gasteiger partial charge in [0.25, 0.3) is 0 Å². The van der Waals surface area contributed by atoms with Crippen molar-refractivity contribution in [2.45, 2.75) is 19.3 Å². The quantitative estimate of drug-likeness (QED) is 0.541. The minimum absolute atomic E-state index is 0.101. The van der Waals surface area contributed by atoms with Crippen molar-refractivity contribution in [2.24, 2.45) is 0 Å². The topological polar surface area (TPSA) is 64.4 Å². The smallest absolute Gasteiger partial charge is 0.220 e. The molecule has 8 heteroatoms. The first-order valence-corrected chi connectivity index (χ1v) is 9.07. The third-order valence-corrected chi connectivity index (χ3v) is 4.05. The normalized spacial score (nSPS) is 10.7. The number of aromatic nitrogens is 1. The fourth-order valence-electron chi connectivity index (χ4n) is 2.59. The Hall–Kier alpha value is -3.29. The molecule has 1 aromatic heterocycles. The van der Waals surface area contributed by atoms with Crippen molar-refractivity contribution >= 4 is 5.91 Å². The van der Waals surface area contributed by atoms with E-state index in [2.05, 4.69) is 10.3 Å². The molecule has 0 spiro atoms. The Labute approximate surface area is 165 Å². The van der Waals surface area contributed by atoms with Crippen LogP contribution in [-0.2, 0) is 11.2 Å². The number of amides is 1. The summed E-state index contributed by atoms with van der Waals surface area (Å²) in [6, 6.07) is 9.27. The lowest BCUT2D eigenvalue weighted by atomic mass is 10.2. The number of ether oxygens (including phenoxy) is 1. The lowest BCUT2D eigenvalue weighted by Crippen LogP contribution is -2.25. The van der Waals surface area contributed by atoms with E-state index in [0.717, 1.165) is 12.1 Å². The van der Waals surface area contributed by atoms with Crippen LogP contribution >= 0.6 is 0 Å². The van der Waals surface area contributed by atoms with E-state index in [1.54, 1.807) is 12.1 Å². The lowest BCUT2D eigenvalue weighted by Gasteiger charge is -2.07. The van der Waals surface area contributed by atoms with Gasteiger partial charge < -0.3 is 14.5 Å². The van der Waals surface area contributed by atoms with Crippen LogP contribution in [0.4, 0.5) is 13.2 Å². The van der Waals surface area contributed by atoms with Gasteiger partial charge in [-0.3, -0.25) is 4.79 Å². The first-order valence-electron chi connectivity index (χ1n) is 9.07. The maximum Gasteiger partial charge on any atom is 0.220 e. The van der Waals surface area contributed by atoms with Crippen molar-refractivity contribution in [1.82, 2.24) is 10.3 Å². The molecule has 1 heterocycles. The monoisotopic (exact) mass is 404 g/mol. The summed E-state index contributed by atoms with van der Waals surface area (Å²) in [5.41, 5.74) is 0.101. The van der Waals surface area contributed by atoms with Gasteiger partial charge in [-0.1, -0.05) is 12.1 Å². The number of hydrogen-bond acceptors (Lipinski definition) is 4. The third kappa shape index (κ3) is 5.84. The number of aryl methyl sites for hydroxylation is 1. The predicted octanol–water partition coefficient (Wildman–Crippen LogP) is 4.28. The van der Waals surface area contributed by atoms with Gasteiger partial charge in [0.2, 0.25) is 5.91 Å². The Morgan fingerprint density at radius 2 is 1.93 bits per heavy atom. The van der Waals surface area contributed by atoms with Crippen molar-refractivity contribution in [3.8, 4) is 17.1 Å². The van der Waals surface area contributed by atoms with Gasteiger partial charge >= 0.3 is 0 Å². The van der Waals surface area contributed by atoms with Gasteiger partial charge in [-0.2, -0.15) is 0 Å². The molecular weight excluding hydrogens is 385 g/mol. The molecule has 5 nitrogen and oxygen atoms in total. The number of para-hydroxylation sites is 1. The fourth-order valence-corrected chi connectivity index (χ4v) is 2.59. The van der Waals surface area contributed by atoms with Crippen LogP contribution in [0.15, 0.2) is 53.1 Å². The van der Waals surface area contributed by atoms with Crippen molar-refractivity contribution < 1.29 is 27.1 Å². The average molecular weight is 404 g/mol. The minimum atomic E-state index is -0.747. The highest BCUT2D eigenvalue weighted by Crippen LogP contribution is 2.24. The van der Waals surface area contributed by atoms with E-state index >= 15 is 0 Å². The molecule has 0 aliphatic carbocycles. The second-order valence-electron chi connectivity index (χ2n) is 6.22. The SMILES string of the molecule is O=C(CCc1ncc(-c2ccc(F)cc2F)o1)NCCCOc1ccccc1F. The summed E-state index contributed by atoms with van der Waals surface area (Å²) < 4.78 is 50.9. The molecule has 29 heavy (non-hydrogen) atoms. The molecule has 3 aromatic rings. The fraction of sp³-hybridized carbons (Fsp3) is 0.238. The molecule has 1 amide bonds. The molecule has 3 rings (SSSR count). The Morgan fingerprint density at radius 3 is 2.72 bits per heavy atom. The summed E-state index contributed by atoms with van der Waals surface area (Å²) in [6.45, 7) is 0.651. The molecular formula is C21H19F3N2O3. The third-order valence-electron chi connectivity index (χ3n) is 4.05. The molecule has 0 saturated carbocycles. The Morgan fingerprint density at radius 1 is 1.10 bits per heavy atom. The maximum absolute atomic E-state index is 13.8. The van der Waals surface area contributed by atoms with Crippen LogP contribution in [0.1, 0.15) is 18.7 Å². The number of nitrogens with one attached hydrogen (secondary N) is 1. The second kappa shape index (κ2) is 9.77. The van der Waals surface area contributed by atoms with Crippen LogP contribution in [0.5, 0.6) is 5.75 Å². The molecule has 0 radical (unpaired) electrons. The van der Waals surface area contributed by atoms with Crippen molar-refractivity contribution in [3.63, 3.8) is 0 Å². The summed E-state index contributed by atoms with van der Waals surface area (Å²) in [5, 5.41) is 2.72. The number of halogens is 3. The van der Waals surface area contributed by atoms with E-state index < -0.39 is 17.5 Å². The van der Waals surface area contributed by atoms with Gasteiger partial charge in [0.15, 0.2) is 23.2 Å². The van der Waals surface area contributed by atoms with E-state index in [0.29, 0.717) is 13.0 Å². The molecule has 152 valence electrons. The van der Waals surface area contributed by atoms with Crippen LogP contribution in [-0.4, -0.2) is 24.0 Å². The molecule has 2 aromatic carbocycles. The van der Waals surface area contributed by atoms with Gasteiger partial charge in [-0.25, -0.2) is 18.2 Å². The Balaban J connectivity index is 1.37. The van der Waals surface area contributed by atoms with E-state index in [1.807, 2.05) is 0 Å². The highest BCUT2D eigenvalue weighted by atomic mass is 19.1. The average Bonchev–Trinajstić information content (AvgIpc) is 3.16. The van der Waals surface area contributed by atoms with Crippen molar-refractivity contribution in [2.75, 3.05) is 13.2 Å². The number of oxazole rings is 1. The summed E-state index contributed by atoms with van der Waals surface area (Å²) in [7, 11) is 0. The van der Waals surface area contributed by atoms with Crippen LogP contribution in [0, 0.1) is 17.5 Å². The highest BCUT2D eigenvalue weighted by molar-refractivity contribution is 5.76. The van der Waals surface area contributed by atoms with Gasteiger partial charge in [0, 0.05) is 25.5 Å². The lowest BCUT2D eigenvalue weighted by molar-refractivity contribution is -0.121. The standard InChI is InChI=1S/C21H19F3N2O3/c22-14-6-7-15(17(24)12-14)19-13-26-21(29-19)9-8-20(27)25-10-3-11-28-18-5-2-1-4-16(18)23/h1-2,4-7,12-13H,3,8-11H2,(H,25,27). The molecule has 0 fully saturated rings. The molecule has 0 aliphatic heterocycles. The van der Waals surface area contributed by atoms with Crippen LogP contribution in [0.2, 0.25) is 0 Å². The van der Waals surface area contributed by atoms with E-state index in [-0.39, 0.29) is 48.3 Å². The Kier molecular flexibility index (Phi) is 6.89. The second-order valence-corrected chi connectivity index (χ2v) is 6.22. The van der Waals surface area contributed by atoms with Crippen LogP contribution < -0.4 is 10.1 Å². The minimum Gasteiger partial charge on any atom is -0.490 e. The van der Waals surface area contributed by atoms with Gasteiger partial charge in [0.1, 0.15) is 11.6 Å². The number of nitrogens with zero attached hydrogens (tertiary/aromatic N) is 1. The van der Waals surface area contributed by atoms with Gasteiger partial charge in [-0.15, -0.1) is 0 Å². The zero-order chi connectivity index (χ0) is 20.6. The maximum atomic E-state index is 13.8.